The van der Waals surface area contributed by atoms with Gasteiger partial charge in [0.25, 0.3) is 0 Å². The van der Waals surface area contributed by atoms with Crippen LogP contribution in [0.1, 0.15) is 0 Å². The Morgan fingerprint density at radius 1 is 1.71 bits per heavy atom. The highest BCUT2D eigenvalue weighted by atomic mass is 19.1. The Bertz CT molecular complexity index is 113. The predicted octanol–water partition coefficient (Wildman–Crippen LogP) is 0.248. The number of alkyl halides is 1. The molecular formula is C4H4FNO. The second kappa shape index (κ2) is 1.17. The maximum Gasteiger partial charge on any atom is 0.242 e. The van der Waals surface area contributed by atoms with E-state index in [1.54, 1.807) is 0 Å². The van der Waals surface area contributed by atoms with Gasteiger partial charge in [-0.2, -0.15) is 5.26 Å². The lowest BCUT2D eigenvalue weighted by Gasteiger charge is -2.25. The maximum atomic E-state index is 12.1. The van der Waals surface area contributed by atoms with Crippen molar-refractivity contribution in [2.24, 2.45) is 0 Å². The summed E-state index contributed by atoms with van der Waals surface area (Å²) in [5.74, 6) is 0. The van der Waals surface area contributed by atoms with E-state index < -0.39 is 5.67 Å². The van der Waals surface area contributed by atoms with Gasteiger partial charge in [0.15, 0.2) is 0 Å². The number of nitrogens with zero attached hydrogens (tertiary/aromatic N) is 1. The summed E-state index contributed by atoms with van der Waals surface area (Å²) in [4.78, 5) is 0. The van der Waals surface area contributed by atoms with Crippen molar-refractivity contribution < 1.29 is 9.13 Å². The molecule has 0 radical (unpaired) electrons. The van der Waals surface area contributed by atoms with Crippen molar-refractivity contribution in [3.05, 3.63) is 0 Å². The monoisotopic (exact) mass is 101 g/mol. The molecule has 0 amide bonds. The molecular weight excluding hydrogens is 97.0 g/mol. The van der Waals surface area contributed by atoms with E-state index in [-0.39, 0.29) is 13.2 Å². The van der Waals surface area contributed by atoms with Gasteiger partial charge in [0.2, 0.25) is 5.67 Å². The normalized spacial score (nSPS) is 25.1. The fraction of sp³-hybridized carbons (Fsp3) is 0.750. The minimum Gasteiger partial charge on any atom is -0.372 e. The summed E-state index contributed by atoms with van der Waals surface area (Å²) in [6.45, 7) is -0.104. The summed E-state index contributed by atoms with van der Waals surface area (Å²) in [6, 6.07) is 1.49. The van der Waals surface area contributed by atoms with Gasteiger partial charge in [0.05, 0.1) is 13.2 Å². The Morgan fingerprint density at radius 2 is 2.29 bits per heavy atom. The fourth-order valence-electron chi connectivity index (χ4n) is 0.346. The van der Waals surface area contributed by atoms with E-state index >= 15 is 0 Å². The molecule has 0 unspecified atom stereocenters. The molecule has 0 atom stereocenters. The first-order valence-electron chi connectivity index (χ1n) is 1.95. The molecule has 3 heteroatoms. The summed E-state index contributed by atoms with van der Waals surface area (Å²) < 4.78 is 16.6. The summed E-state index contributed by atoms with van der Waals surface area (Å²) in [6.07, 6.45) is 0. The maximum absolute atomic E-state index is 12.1. The Labute approximate surface area is 40.5 Å². The highest BCUT2D eigenvalue weighted by molar-refractivity contribution is 5.05. The molecule has 0 aliphatic carbocycles. The first-order valence-corrected chi connectivity index (χ1v) is 1.95. The smallest absolute Gasteiger partial charge is 0.242 e. The number of hydrogen-bond acceptors (Lipinski definition) is 2. The fourth-order valence-corrected chi connectivity index (χ4v) is 0.346. The zero-order chi connectivity index (χ0) is 5.33. The van der Waals surface area contributed by atoms with E-state index in [4.69, 9.17) is 5.26 Å². The van der Waals surface area contributed by atoms with E-state index in [2.05, 4.69) is 4.74 Å². The van der Waals surface area contributed by atoms with Crippen LogP contribution in [0.25, 0.3) is 0 Å². The van der Waals surface area contributed by atoms with Gasteiger partial charge < -0.3 is 4.74 Å². The van der Waals surface area contributed by atoms with Crippen LogP contribution in [0.4, 0.5) is 4.39 Å². The summed E-state index contributed by atoms with van der Waals surface area (Å²) in [5.41, 5.74) is -1.65. The van der Waals surface area contributed by atoms with Gasteiger partial charge >= 0.3 is 0 Å². The lowest BCUT2D eigenvalue weighted by atomic mass is 10.1. The van der Waals surface area contributed by atoms with Crippen molar-refractivity contribution in [2.45, 2.75) is 5.67 Å². The predicted molar refractivity (Wildman–Crippen MR) is 20.3 cm³/mol. The van der Waals surface area contributed by atoms with Gasteiger partial charge in [-0.25, -0.2) is 4.39 Å². The third-order valence-electron chi connectivity index (χ3n) is 0.862. The first-order chi connectivity index (χ1) is 3.27. The van der Waals surface area contributed by atoms with Gasteiger partial charge in [-0.15, -0.1) is 0 Å². The molecule has 0 aromatic rings. The van der Waals surface area contributed by atoms with Crippen molar-refractivity contribution in [2.75, 3.05) is 13.2 Å². The minimum atomic E-state index is -1.65. The SMILES string of the molecule is N#CC1(F)COC1. The number of hydrogen-bond donors (Lipinski definition) is 0. The van der Waals surface area contributed by atoms with Crippen LogP contribution in [0.5, 0.6) is 0 Å². The van der Waals surface area contributed by atoms with Crippen LogP contribution in [0.15, 0.2) is 0 Å². The van der Waals surface area contributed by atoms with Crippen LogP contribution >= 0.6 is 0 Å². The van der Waals surface area contributed by atoms with Crippen LogP contribution in [0.3, 0.4) is 0 Å². The molecule has 1 aliphatic heterocycles. The van der Waals surface area contributed by atoms with Gasteiger partial charge in [0, 0.05) is 0 Å². The Hall–Kier alpha value is -0.620. The zero-order valence-electron chi connectivity index (χ0n) is 3.65. The molecule has 1 aliphatic rings. The molecule has 1 rings (SSSR count). The Kier molecular flexibility index (Phi) is 0.760. The number of halogens is 1. The standard InChI is InChI=1S/C4H4FNO/c5-4(1-6)2-7-3-4/h2-3H2. The van der Waals surface area contributed by atoms with Crippen LogP contribution in [0.2, 0.25) is 0 Å². The van der Waals surface area contributed by atoms with E-state index in [9.17, 15) is 4.39 Å². The molecule has 0 aromatic heterocycles. The minimum absolute atomic E-state index is 0.0521. The quantitative estimate of drug-likeness (QED) is 0.438. The van der Waals surface area contributed by atoms with E-state index in [1.165, 1.54) is 6.07 Å². The molecule has 0 bridgehead atoms. The van der Waals surface area contributed by atoms with Crippen LogP contribution in [-0.4, -0.2) is 18.9 Å². The topological polar surface area (TPSA) is 33.0 Å². The molecule has 0 spiro atoms. The molecule has 1 heterocycles. The Morgan fingerprint density at radius 3 is 2.29 bits per heavy atom. The van der Waals surface area contributed by atoms with Crippen molar-refractivity contribution in [3.63, 3.8) is 0 Å². The second-order valence-electron chi connectivity index (χ2n) is 1.57. The molecule has 1 fully saturated rings. The van der Waals surface area contributed by atoms with Gasteiger partial charge in [-0.3, -0.25) is 0 Å². The lowest BCUT2D eigenvalue weighted by Crippen LogP contribution is -2.43. The molecule has 1 saturated heterocycles. The second-order valence-corrected chi connectivity index (χ2v) is 1.57. The number of nitriles is 1. The largest absolute Gasteiger partial charge is 0.372 e. The van der Waals surface area contributed by atoms with Crippen molar-refractivity contribution >= 4 is 0 Å². The van der Waals surface area contributed by atoms with E-state index in [0.29, 0.717) is 0 Å². The van der Waals surface area contributed by atoms with Crippen LogP contribution < -0.4 is 0 Å². The zero-order valence-corrected chi connectivity index (χ0v) is 3.65. The number of rotatable bonds is 0. The molecule has 0 saturated carbocycles. The molecule has 7 heavy (non-hydrogen) atoms. The lowest BCUT2D eigenvalue weighted by molar-refractivity contribution is -0.0945. The van der Waals surface area contributed by atoms with E-state index in [0.717, 1.165) is 0 Å². The van der Waals surface area contributed by atoms with Gasteiger partial charge in [-0.1, -0.05) is 0 Å². The average molecular weight is 101 g/mol. The average Bonchev–Trinajstić information content (AvgIpc) is 1.61. The molecule has 38 valence electrons. The van der Waals surface area contributed by atoms with Crippen LogP contribution in [0, 0.1) is 11.3 Å². The molecule has 0 aromatic carbocycles. The van der Waals surface area contributed by atoms with Crippen molar-refractivity contribution in [3.8, 4) is 6.07 Å². The highest BCUT2D eigenvalue weighted by Crippen LogP contribution is 2.19. The third kappa shape index (κ3) is 0.570. The molecule has 0 N–H and O–H groups in total. The summed E-state index contributed by atoms with van der Waals surface area (Å²) >= 11 is 0. The summed E-state index contributed by atoms with van der Waals surface area (Å²) in [5, 5.41) is 7.94. The Balaban J connectivity index is 2.48. The van der Waals surface area contributed by atoms with Gasteiger partial charge in [0.1, 0.15) is 6.07 Å². The third-order valence-corrected chi connectivity index (χ3v) is 0.862. The van der Waals surface area contributed by atoms with Crippen molar-refractivity contribution in [1.29, 1.82) is 5.26 Å². The summed E-state index contributed by atoms with van der Waals surface area (Å²) in [7, 11) is 0. The first kappa shape index (κ1) is 4.54. The van der Waals surface area contributed by atoms with Crippen molar-refractivity contribution in [1.82, 2.24) is 0 Å². The van der Waals surface area contributed by atoms with Crippen LogP contribution in [-0.2, 0) is 4.74 Å². The molecule has 2 nitrogen and oxygen atoms in total. The highest BCUT2D eigenvalue weighted by Gasteiger charge is 2.38. The van der Waals surface area contributed by atoms with E-state index in [1.807, 2.05) is 0 Å². The number of ether oxygens (including phenoxy) is 1. The van der Waals surface area contributed by atoms with Gasteiger partial charge in [-0.05, 0) is 0 Å².